The van der Waals surface area contributed by atoms with Gasteiger partial charge in [-0.1, -0.05) is 0 Å². The highest BCUT2D eigenvalue weighted by atomic mass is 19.4. The van der Waals surface area contributed by atoms with E-state index >= 15 is 0 Å². The van der Waals surface area contributed by atoms with Crippen molar-refractivity contribution in [2.75, 3.05) is 13.1 Å². The Morgan fingerprint density at radius 3 is 2.43 bits per heavy atom. The molecule has 2 heterocycles. The maximum absolute atomic E-state index is 13.7. The van der Waals surface area contributed by atoms with E-state index in [1.165, 1.54) is 4.90 Å². The average molecular weight is 305 g/mol. The third-order valence-electron chi connectivity index (χ3n) is 3.22. The fraction of sp³-hybridized carbons (Fsp3) is 0.538. The second-order valence-electron chi connectivity index (χ2n) is 5.23. The lowest BCUT2D eigenvalue weighted by molar-refractivity contribution is -0.141. The number of carbonyl (C=O) groups excluding carboxylic acids is 1. The number of amides is 1. The molecule has 1 aromatic heterocycles. The second-order valence-corrected chi connectivity index (χ2v) is 5.23. The molecule has 2 atom stereocenters. The van der Waals surface area contributed by atoms with Gasteiger partial charge in [0.05, 0.1) is 11.8 Å². The molecule has 1 N–H and O–H groups in total. The fourth-order valence-electron chi connectivity index (χ4n) is 2.42. The summed E-state index contributed by atoms with van der Waals surface area (Å²) in [6.45, 7) is 4.32. The molecule has 8 heteroatoms. The van der Waals surface area contributed by atoms with Crippen molar-refractivity contribution in [3.63, 3.8) is 0 Å². The number of alkyl halides is 3. The molecule has 2 unspecified atom stereocenters. The summed E-state index contributed by atoms with van der Waals surface area (Å²) in [5.41, 5.74) is -1.87. The molecule has 4 nitrogen and oxygen atoms in total. The minimum Gasteiger partial charge on any atom is -0.335 e. The average Bonchev–Trinajstić information content (AvgIpc) is 2.36. The zero-order valence-electron chi connectivity index (χ0n) is 11.5. The van der Waals surface area contributed by atoms with Crippen LogP contribution in [0.3, 0.4) is 0 Å². The number of rotatable bonds is 1. The van der Waals surface area contributed by atoms with Gasteiger partial charge in [-0.05, 0) is 19.9 Å². The molecule has 0 spiro atoms. The lowest BCUT2D eigenvalue weighted by atomic mass is 10.1. The van der Waals surface area contributed by atoms with Gasteiger partial charge in [0.25, 0.3) is 5.91 Å². The number of hydrogen-bond acceptors (Lipinski definition) is 3. The van der Waals surface area contributed by atoms with Crippen molar-refractivity contribution in [1.82, 2.24) is 15.2 Å². The summed E-state index contributed by atoms with van der Waals surface area (Å²) in [7, 11) is 0. The van der Waals surface area contributed by atoms with E-state index in [0.29, 0.717) is 25.4 Å². The molecule has 1 fully saturated rings. The van der Waals surface area contributed by atoms with Gasteiger partial charge >= 0.3 is 6.18 Å². The maximum Gasteiger partial charge on any atom is 0.433 e. The summed E-state index contributed by atoms with van der Waals surface area (Å²) >= 11 is 0. The third kappa shape index (κ3) is 3.49. The quantitative estimate of drug-likeness (QED) is 0.808. The van der Waals surface area contributed by atoms with Gasteiger partial charge < -0.3 is 10.2 Å². The SMILES string of the molecule is CC1CN(C(=O)c2cc(C(F)(F)F)ncc2F)CC(C)N1. The van der Waals surface area contributed by atoms with Gasteiger partial charge in [0.1, 0.15) is 5.69 Å². The van der Waals surface area contributed by atoms with E-state index in [9.17, 15) is 22.4 Å². The standard InChI is InChI=1S/C13H15F4N3O/c1-7-5-20(6-8(2)19-7)12(21)9-3-11(13(15,16)17)18-4-10(9)14/h3-4,7-8,19H,5-6H2,1-2H3. The number of nitrogens with one attached hydrogen (secondary N) is 1. The van der Waals surface area contributed by atoms with Crippen LogP contribution < -0.4 is 5.32 Å². The Balaban J connectivity index is 2.30. The first-order valence-electron chi connectivity index (χ1n) is 6.46. The Hall–Kier alpha value is -1.70. The monoisotopic (exact) mass is 305 g/mol. The Kier molecular flexibility index (Phi) is 4.18. The molecular weight excluding hydrogens is 290 g/mol. The minimum absolute atomic E-state index is 0.00955. The molecule has 2 rings (SSSR count). The highest BCUT2D eigenvalue weighted by molar-refractivity contribution is 5.94. The fourth-order valence-corrected chi connectivity index (χ4v) is 2.42. The summed E-state index contributed by atoms with van der Waals surface area (Å²) in [6.07, 6.45) is -4.28. The molecule has 0 aliphatic carbocycles. The number of pyridine rings is 1. The number of aromatic nitrogens is 1. The van der Waals surface area contributed by atoms with Crippen LogP contribution in [0.2, 0.25) is 0 Å². The van der Waals surface area contributed by atoms with Crippen LogP contribution in [0.5, 0.6) is 0 Å². The minimum atomic E-state index is -4.72. The van der Waals surface area contributed by atoms with Crippen LogP contribution in [0.1, 0.15) is 29.9 Å². The molecule has 1 amide bonds. The first-order chi connectivity index (χ1) is 9.68. The lowest BCUT2D eigenvalue weighted by Crippen LogP contribution is -2.56. The second kappa shape index (κ2) is 5.59. The van der Waals surface area contributed by atoms with Crippen LogP contribution in [0.15, 0.2) is 12.3 Å². The number of piperazine rings is 1. The predicted octanol–water partition coefficient (Wildman–Crippen LogP) is 2.06. The van der Waals surface area contributed by atoms with Gasteiger partial charge in [0.15, 0.2) is 5.82 Å². The van der Waals surface area contributed by atoms with Gasteiger partial charge in [0.2, 0.25) is 0 Å². The molecule has 1 aromatic rings. The lowest BCUT2D eigenvalue weighted by Gasteiger charge is -2.36. The van der Waals surface area contributed by atoms with Crippen LogP contribution in [0.25, 0.3) is 0 Å². The van der Waals surface area contributed by atoms with E-state index in [0.717, 1.165) is 0 Å². The topological polar surface area (TPSA) is 45.2 Å². The van der Waals surface area contributed by atoms with Crippen molar-refractivity contribution >= 4 is 5.91 Å². The number of halogens is 4. The zero-order chi connectivity index (χ0) is 15.8. The first kappa shape index (κ1) is 15.7. The number of hydrogen-bond donors (Lipinski definition) is 1. The van der Waals surface area contributed by atoms with Gasteiger partial charge in [0, 0.05) is 25.2 Å². The summed E-state index contributed by atoms with van der Waals surface area (Å²) in [4.78, 5) is 16.6. The summed E-state index contributed by atoms with van der Waals surface area (Å²) in [6, 6.07) is 0.448. The molecule has 1 saturated heterocycles. The zero-order valence-corrected chi connectivity index (χ0v) is 11.5. The highest BCUT2D eigenvalue weighted by Gasteiger charge is 2.35. The van der Waals surface area contributed by atoms with Crippen LogP contribution >= 0.6 is 0 Å². The molecule has 1 aliphatic heterocycles. The number of carbonyl (C=O) groups is 1. The summed E-state index contributed by atoms with van der Waals surface area (Å²) in [5.74, 6) is -1.80. The van der Waals surface area contributed by atoms with Crippen molar-refractivity contribution in [3.05, 3.63) is 29.3 Å². The summed E-state index contributed by atoms with van der Waals surface area (Å²) < 4.78 is 51.5. The molecule has 0 saturated carbocycles. The molecule has 116 valence electrons. The van der Waals surface area contributed by atoms with Crippen molar-refractivity contribution in [2.45, 2.75) is 32.1 Å². The van der Waals surface area contributed by atoms with Crippen LogP contribution in [0, 0.1) is 5.82 Å². The summed E-state index contributed by atoms with van der Waals surface area (Å²) in [5, 5.41) is 3.19. The smallest absolute Gasteiger partial charge is 0.335 e. The van der Waals surface area contributed by atoms with E-state index in [4.69, 9.17) is 0 Å². The molecule has 0 aromatic carbocycles. The van der Waals surface area contributed by atoms with E-state index in [1.54, 1.807) is 0 Å². The Morgan fingerprint density at radius 2 is 1.90 bits per heavy atom. The largest absolute Gasteiger partial charge is 0.433 e. The Morgan fingerprint density at radius 1 is 1.33 bits per heavy atom. The molecule has 0 radical (unpaired) electrons. The predicted molar refractivity (Wildman–Crippen MR) is 67.2 cm³/mol. The van der Waals surface area contributed by atoms with E-state index in [2.05, 4.69) is 10.3 Å². The van der Waals surface area contributed by atoms with Crippen LogP contribution in [-0.4, -0.2) is 41.0 Å². The van der Waals surface area contributed by atoms with Crippen molar-refractivity contribution < 1.29 is 22.4 Å². The maximum atomic E-state index is 13.7. The van der Waals surface area contributed by atoms with Crippen molar-refractivity contribution in [3.8, 4) is 0 Å². The third-order valence-corrected chi connectivity index (χ3v) is 3.22. The van der Waals surface area contributed by atoms with E-state index in [-0.39, 0.29) is 12.1 Å². The van der Waals surface area contributed by atoms with Crippen LogP contribution in [0.4, 0.5) is 17.6 Å². The molecule has 0 bridgehead atoms. The van der Waals surface area contributed by atoms with E-state index in [1.807, 2.05) is 13.8 Å². The highest BCUT2D eigenvalue weighted by Crippen LogP contribution is 2.28. The first-order valence-corrected chi connectivity index (χ1v) is 6.46. The van der Waals surface area contributed by atoms with Gasteiger partial charge in [-0.2, -0.15) is 13.2 Å². The number of nitrogens with zero attached hydrogens (tertiary/aromatic N) is 2. The van der Waals surface area contributed by atoms with Crippen molar-refractivity contribution in [2.24, 2.45) is 0 Å². The normalized spacial score (nSPS) is 23.2. The molecule has 1 aliphatic rings. The van der Waals surface area contributed by atoms with Crippen molar-refractivity contribution in [1.29, 1.82) is 0 Å². The van der Waals surface area contributed by atoms with Gasteiger partial charge in [-0.15, -0.1) is 0 Å². The molecular formula is C13H15F4N3O. The Labute approximate surface area is 119 Å². The van der Waals surface area contributed by atoms with Gasteiger partial charge in [-0.3, -0.25) is 4.79 Å². The Bertz CT molecular complexity index is 537. The van der Waals surface area contributed by atoms with E-state index < -0.39 is 29.2 Å². The van der Waals surface area contributed by atoms with Gasteiger partial charge in [-0.25, -0.2) is 9.37 Å². The molecule has 21 heavy (non-hydrogen) atoms. The van der Waals surface area contributed by atoms with Crippen LogP contribution in [-0.2, 0) is 6.18 Å².